The number of fused-ring (bicyclic) bond motifs is 1. The van der Waals surface area contributed by atoms with Gasteiger partial charge in [0.1, 0.15) is 29.5 Å². The van der Waals surface area contributed by atoms with Gasteiger partial charge in [-0.3, -0.25) is 0 Å². The van der Waals surface area contributed by atoms with Crippen LogP contribution in [-0.2, 0) is 12.6 Å². The molecule has 2 heterocycles. The number of rotatable bonds is 4. The summed E-state index contributed by atoms with van der Waals surface area (Å²) in [5.41, 5.74) is 1.11. The first kappa shape index (κ1) is 23.8. The molecule has 1 N–H and O–H groups in total. The van der Waals surface area contributed by atoms with Gasteiger partial charge in [-0.25, -0.2) is 18.7 Å². The monoisotopic (exact) mass is 491 g/mol. The van der Waals surface area contributed by atoms with Crippen molar-refractivity contribution < 1.29 is 13.9 Å². The molecule has 0 bridgehead atoms. The Morgan fingerprint density at radius 1 is 0.946 bits per heavy atom. The lowest BCUT2D eigenvalue weighted by Gasteiger charge is -2.30. The molecule has 1 atom stereocenters. The molecule has 1 unspecified atom stereocenters. The highest BCUT2D eigenvalue weighted by atomic mass is 19.1. The van der Waals surface area contributed by atoms with Gasteiger partial charge in [0.25, 0.3) is 0 Å². The Hall–Kier alpha value is -4.92. The van der Waals surface area contributed by atoms with Crippen molar-refractivity contribution >= 4 is 10.9 Å². The second-order valence-corrected chi connectivity index (χ2v) is 8.74. The lowest BCUT2D eigenvalue weighted by molar-refractivity contribution is 0.117. The van der Waals surface area contributed by atoms with Crippen LogP contribution in [-0.4, -0.2) is 19.6 Å². The molecule has 5 rings (SSSR count). The largest absolute Gasteiger partial charge is 0.374 e. The Bertz CT molecular complexity index is 1760. The fourth-order valence-electron chi connectivity index (χ4n) is 4.73. The first-order chi connectivity index (χ1) is 17.8. The van der Waals surface area contributed by atoms with Gasteiger partial charge in [0.15, 0.2) is 5.60 Å². The molecule has 0 aliphatic carbocycles. The zero-order valence-corrected chi connectivity index (χ0v) is 19.9. The summed E-state index contributed by atoms with van der Waals surface area (Å²) in [6, 6.07) is 18.7. The van der Waals surface area contributed by atoms with E-state index in [1.807, 2.05) is 6.07 Å². The molecule has 6 nitrogen and oxygen atoms in total. The summed E-state index contributed by atoms with van der Waals surface area (Å²) in [6.45, 7) is 1.76. The lowest BCUT2D eigenvalue weighted by Crippen LogP contribution is -2.31. The van der Waals surface area contributed by atoms with Crippen LogP contribution >= 0.6 is 0 Å². The van der Waals surface area contributed by atoms with Crippen molar-refractivity contribution in [2.75, 3.05) is 0 Å². The van der Waals surface area contributed by atoms with E-state index >= 15 is 0 Å². The quantitative estimate of drug-likeness (QED) is 0.370. The number of pyridine rings is 1. The number of halogens is 2. The van der Waals surface area contributed by atoms with E-state index in [0.717, 1.165) is 0 Å². The van der Waals surface area contributed by atoms with Crippen LogP contribution in [0, 0.1) is 41.2 Å². The van der Waals surface area contributed by atoms with Gasteiger partial charge in [0, 0.05) is 18.0 Å². The van der Waals surface area contributed by atoms with E-state index in [0.29, 0.717) is 38.9 Å². The molecule has 0 saturated carbocycles. The van der Waals surface area contributed by atoms with Gasteiger partial charge in [-0.05, 0) is 59.5 Å². The van der Waals surface area contributed by atoms with Crippen LogP contribution in [0.15, 0.2) is 73.2 Å². The van der Waals surface area contributed by atoms with E-state index in [9.17, 15) is 24.4 Å². The van der Waals surface area contributed by atoms with E-state index in [1.165, 1.54) is 48.7 Å². The summed E-state index contributed by atoms with van der Waals surface area (Å²) < 4.78 is 29.5. The fourth-order valence-corrected chi connectivity index (χ4v) is 4.73. The number of aliphatic hydroxyl groups is 1. The molecular weight excluding hydrogens is 472 g/mol. The zero-order valence-electron chi connectivity index (χ0n) is 19.9. The van der Waals surface area contributed by atoms with E-state index in [-0.39, 0.29) is 16.8 Å². The Labute approximate surface area is 211 Å². The molecule has 180 valence electrons. The number of imidazole rings is 1. The number of aromatic nitrogens is 3. The Morgan fingerprint density at radius 3 is 2.32 bits per heavy atom. The van der Waals surface area contributed by atoms with Gasteiger partial charge in [-0.1, -0.05) is 30.3 Å². The van der Waals surface area contributed by atoms with Crippen LogP contribution in [0.5, 0.6) is 0 Å². The molecule has 0 fully saturated rings. The van der Waals surface area contributed by atoms with Crippen molar-refractivity contribution in [3.05, 3.63) is 118 Å². The summed E-state index contributed by atoms with van der Waals surface area (Å²) in [5.74, 6) is -0.970. The average molecular weight is 492 g/mol. The predicted octanol–water partition coefficient (Wildman–Crippen LogP) is 5.25. The van der Waals surface area contributed by atoms with Crippen molar-refractivity contribution in [1.82, 2.24) is 14.5 Å². The first-order valence-corrected chi connectivity index (χ1v) is 11.3. The zero-order chi connectivity index (χ0) is 26.3. The Morgan fingerprint density at radius 2 is 1.70 bits per heavy atom. The number of nitrogens with zero attached hydrogens (tertiary/aromatic N) is 5. The second-order valence-electron chi connectivity index (χ2n) is 8.74. The molecule has 0 aliphatic rings. The molecule has 2 aromatic heterocycles. The molecule has 0 spiro atoms. The molecule has 0 aliphatic heterocycles. The third-order valence-corrected chi connectivity index (χ3v) is 6.48. The summed E-state index contributed by atoms with van der Waals surface area (Å²) >= 11 is 0. The molecule has 0 saturated heterocycles. The van der Waals surface area contributed by atoms with Gasteiger partial charge in [0.2, 0.25) is 0 Å². The summed E-state index contributed by atoms with van der Waals surface area (Å²) in [6.07, 6.45) is 3.06. The van der Waals surface area contributed by atoms with Crippen LogP contribution in [0.2, 0.25) is 0 Å². The third-order valence-electron chi connectivity index (χ3n) is 6.48. The molecule has 37 heavy (non-hydrogen) atoms. The highest BCUT2D eigenvalue weighted by molar-refractivity contribution is 5.95. The summed E-state index contributed by atoms with van der Waals surface area (Å²) in [5, 5.41) is 32.7. The molecule has 3 aromatic carbocycles. The maximum Gasteiger partial charge on any atom is 0.156 e. The number of hydrogen-bond donors (Lipinski definition) is 1. The van der Waals surface area contributed by atoms with Crippen molar-refractivity contribution in [3.8, 4) is 23.3 Å². The highest BCUT2D eigenvalue weighted by Gasteiger charge is 2.37. The van der Waals surface area contributed by atoms with Crippen LogP contribution in [0.4, 0.5) is 8.78 Å². The minimum Gasteiger partial charge on any atom is -0.374 e. The molecule has 8 heteroatoms. The molecule has 5 aromatic rings. The van der Waals surface area contributed by atoms with Gasteiger partial charge >= 0.3 is 0 Å². The van der Waals surface area contributed by atoms with Crippen molar-refractivity contribution in [1.29, 1.82) is 10.5 Å². The Kier molecular flexibility index (Phi) is 5.75. The average Bonchev–Trinajstić information content (AvgIpc) is 3.33. The van der Waals surface area contributed by atoms with Crippen LogP contribution in [0.25, 0.3) is 22.0 Å². The minimum absolute atomic E-state index is 0.00840. The number of benzene rings is 3. The summed E-state index contributed by atoms with van der Waals surface area (Å²) in [4.78, 5) is 8.66. The molecular formula is C29H19F2N5O. The minimum atomic E-state index is -1.77. The summed E-state index contributed by atoms with van der Waals surface area (Å²) in [7, 11) is 1.73. The molecule has 0 radical (unpaired) electrons. The van der Waals surface area contributed by atoms with Gasteiger partial charge in [-0.2, -0.15) is 10.5 Å². The maximum atomic E-state index is 14.1. The number of aryl methyl sites for hydroxylation is 2. The van der Waals surface area contributed by atoms with Crippen LogP contribution < -0.4 is 0 Å². The van der Waals surface area contributed by atoms with Gasteiger partial charge in [0.05, 0.1) is 29.3 Å². The fraction of sp³-hybridized carbons (Fsp3) is 0.103. The normalized spacial score (nSPS) is 12.6. The second kappa shape index (κ2) is 8.94. The maximum absolute atomic E-state index is 14.1. The lowest BCUT2D eigenvalue weighted by atomic mass is 9.81. The van der Waals surface area contributed by atoms with Gasteiger partial charge < -0.3 is 9.67 Å². The number of hydrogen-bond acceptors (Lipinski definition) is 5. The third kappa shape index (κ3) is 3.81. The van der Waals surface area contributed by atoms with E-state index in [1.54, 1.807) is 43.1 Å². The smallest absolute Gasteiger partial charge is 0.156 e. The SMILES string of the molecule is Cc1cc(C(O)(c2ccc(F)cc2)c2cncn2C)cc2c(C#N)c(-c3cccc(F)c3)c(C#N)nc12. The van der Waals surface area contributed by atoms with Gasteiger partial charge in [-0.15, -0.1) is 0 Å². The van der Waals surface area contributed by atoms with E-state index < -0.39 is 17.2 Å². The van der Waals surface area contributed by atoms with E-state index in [2.05, 4.69) is 16.0 Å². The topological polar surface area (TPSA) is 98.5 Å². The molecule has 0 amide bonds. The van der Waals surface area contributed by atoms with Crippen molar-refractivity contribution in [2.24, 2.45) is 7.05 Å². The van der Waals surface area contributed by atoms with Crippen molar-refractivity contribution in [2.45, 2.75) is 12.5 Å². The standard InChI is InChI=1S/C29H19F2N5O/c1-17-10-20(29(37,26-15-34-16-36(26)2)19-6-8-21(30)9-7-19)12-23-24(13-32)27(25(14-33)35-28(17)23)18-4-3-5-22(31)11-18/h3-12,15-16,37H,1-2H3. The predicted molar refractivity (Wildman–Crippen MR) is 133 cm³/mol. The van der Waals surface area contributed by atoms with Crippen LogP contribution in [0.1, 0.15) is 33.6 Å². The van der Waals surface area contributed by atoms with E-state index in [4.69, 9.17) is 0 Å². The van der Waals surface area contributed by atoms with Crippen molar-refractivity contribution in [3.63, 3.8) is 0 Å². The first-order valence-electron chi connectivity index (χ1n) is 11.3. The number of nitriles is 2. The Balaban J connectivity index is 1.88. The van der Waals surface area contributed by atoms with Crippen LogP contribution in [0.3, 0.4) is 0 Å². The highest BCUT2D eigenvalue weighted by Crippen LogP contribution is 2.40.